The van der Waals surface area contributed by atoms with Crippen molar-refractivity contribution >= 4 is 5.91 Å². The van der Waals surface area contributed by atoms with Crippen LogP contribution >= 0.6 is 0 Å². The summed E-state index contributed by atoms with van der Waals surface area (Å²) in [6.45, 7) is 6.37. The van der Waals surface area contributed by atoms with Crippen molar-refractivity contribution in [1.82, 2.24) is 5.32 Å². The SMILES string of the molecule is [CH2]CCCCC(=O)NCC. The molecule has 1 amide bonds. The van der Waals surface area contributed by atoms with Crippen LogP contribution in [-0.2, 0) is 4.79 Å². The largest absolute Gasteiger partial charge is 0.356 e. The van der Waals surface area contributed by atoms with Crippen molar-refractivity contribution in [3.63, 3.8) is 0 Å². The summed E-state index contributed by atoms with van der Waals surface area (Å²) in [5.74, 6) is 0.163. The van der Waals surface area contributed by atoms with E-state index in [0.717, 1.165) is 25.8 Å². The molecule has 0 unspecified atom stereocenters. The number of hydrogen-bond donors (Lipinski definition) is 1. The molecule has 0 aliphatic carbocycles. The average molecular weight is 142 g/mol. The van der Waals surface area contributed by atoms with E-state index in [1.165, 1.54) is 0 Å². The Kier molecular flexibility index (Phi) is 6.24. The van der Waals surface area contributed by atoms with Crippen LogP contribution in [0.2, 0.25) is 0 Å². The lowest BCUT2D eigenvalue weighted by Gasteiger charge is -1.99. The van der Waals surface area contributed by atoms with Gasteiger partial charge in [0.05, 0.1) is 0 Å². The van der Waals surface area contributed by atoms with Crippen molar-refractivity contribution in [2.24, 2.45) is 0 Å². The minimum absolute atomic E-state index is 0.163. The zero-order valence-corrected chi connectivity index (χ0v) is 6.65. The first-order valence-electron chi connectivity index (χ1n) is 3.87. The van der Waals surface area contributed by atoms with Crippen molar-refractivity contribution in [1.29, 1.82) is 0 Å². The molecular formula is C8H16NO. The first-order chi connectivity index (χ1) is 4.81. The number of unbranched alkanes of at least 4 members (excludes halogenated alkanes) is 2. The molecule has 10 heavy (non-hydrogen) atoms. The minimum atomic E-state index is 0.163. The Morgan fingerprint density at radius 3 is 2.70 bits per heavy atom. The van der Waals surface area contributed by atoms with Crippen LogP contribution in [-0.4, -0.2) is 12.5 Å². The van der Waals surface area contributed by atoms with Gasteiger partial charge in [-0.05, 0) is 13.3 Å². The summed E-state index contributed by atoms with van der Waals surface area (Å²) in [6, 6.07) is 0. The van der Waals surface area contributed by atoms with Gasteiger partial charge in [0, 0.05) is 13.0 Å². The summed E-state index contributed by atoms with van der Waals surface area (Å²) >= 11 is 0. The zero-order valence-electron chi connectivity index (χ0n) is 6.65. The van der Waals surface area contributed by atoms with Gasteiger partial charge in [-0.25, -0.2) is 0 Å². The summed E-state index contributed by atoms with van der Waals surface area (Å²) in [6.07, 6.45) is 3.61. The van der Waals surface area contributed by atoms with E-state index in [-0.39, 0.29) is 5.91 Å². The molecular weight excluding hydrogens is 126 g/mol. The quantitative estimate of drug-likeness (QED) is 0.579. The highest BCUT2D eigenvalue weighted by atomic mass is 16.1. The average Bonchev–Trinajstić information content (AvgIpc) is 1.89. The Bertz CT molecular complexity index is 91.3. The third-order valence-electron chi connectivity index (χ3n) is 1.28. The molecule has 2 nitrogen and oxygen atoms in total. The van der Waals surface area contributed by atoms with Crippen molar-refractivity contribution in [2.45, 2.75) is 32.6 Å². The Balaban J connectivity index is 3.05. The van der Waals surface area contributed by atoms with Crippen LogP contribution in [0, 0.1) is 6.92 Å². The minimum Gasteiger partial charge on any atom is -0.356 e. The maximum absolute atomic E-state index is 10.8. The predicted octanol–water partition coefficient (Wildman–Crippen LogP) is 1.52. The fourth-order valence-corrected chi connectivity index (χ4v) is 0.748. The molecule has 0 atom stereocenters. The van der Waals surface area contributed by atoms with Gasteiger partial charge in [0.15, 0.2) is 0 Å². The zero-order chi connectivity index (χ0) is 7.82. The standard InChI is InChI=1S/C8H16NO/c1-3-5-6-7-8(10)9-4-2/h1,3-7H2,2H3,(H,9,10). The number of nitrogens with one attached hydrogen (secondary N) is 1. The van der Waals surface area contributed by atoms with Gasteiger partial charge < -0.3 is 5.32 Å². The third kappa shape index (κ3) is 5.60. The van der Waals surface area contributed by atoms with Crippen LogP contribution in [0.4, 0.5) is 0 Å². The molecule has 0 heterocycles. The molecule has 0 spiro atoms. The number of carbonyl (C=O) groups excluding carboxylic acids is 1. The van der Waals surface area contributed by atoms with E-state index in [2.05, 4.69) is 12.2 Å². The van der Waals surface area contributed by atoms with Gasteiger partial charge >= 0.3 is 0 Å². The highest BCUT2D eigenvalue weighted by Crippen LogP contribution is 1.97. The Hall–Kier alpha value is -0.530. The topological polar surface area (TPSA) is 29.1 Å². The van der Waals surface area contributed by atoms with Crippen LogP contribution in [0.25, 0.3) is 0 Å². The fourth-order valence-electron chi connectivity index (χ4n) is 0.748. The maximum atomic E-state index is 10.8. The van der Waals surface area contributed by atoms with E-state index in [9.17, 15) is 4.79 Å². The molecule has 0 aliphatic rings. The van der Waals surface area contributed by atoms with Gasteiger partial charge in [-0.1, -0.05) is 19.8 Å². The Labute approximate surface area is 63.0 Å². The number of rotatable bonds is 5. The van der Waals surface area contributed by atoms with E-state index in [0.29, 0.717) is 6.42 Å². The summed E-state index contributed by atoms with van der Waals surface area (Å²) in [5.41, 5.74) is 0. The van der Waals surface area contributed by atoms with Crippen LogP contribution < -0.4 is 5.32 Å². The first kappa shape index (κ1) is 9.47. The molecule has 1 radical (unpaired) electrons. The van der Waals surface area contributed by atoms with E-state index < -0.39 is 0 Å². The second-order valence-corrected chi connectivity index (χ2v) is 2.26. The van der Waals surface area contributed by atoms with Crippen LogP contribution in [0.15, 0.2) is 0 Å². The summed E-state index contributed by atoms with van der Waals surface area (Å²) in [5, 5.41) is 2.75. The van der Waals surface area contributed by atoms with E-state index >= 15 is 0 Å². The second kappa shape index (κ2) is 6.59. The lowest BCUT2D eigenvalue weighted by molar-refractivity contribution is -0.121. The summed E-state index contributed by atoms with van der Waals surface area (Å²) in [4.78, 5) is 10.8. The lowest BCUT2D eigenvalue weighted by atomic mass is 10.2. The predicted molar refractivity (Wildman–Crippen MR) is 42.5 cm³/mol. The third-order valence-corrected chi connectivity index (χ3v) is 1.28. The Morgan fingerprint density at radius 2 is 2.20 bits per heavy atom. The molecule has 0 saturated heterocycles. The van der Waals surface area contributed by atoms with Gasteiger partial charge in [0.2, 0.25) is 5.91 Å². The van der Waals surface area contributed by atoms with Gasteiger partial charge in [0.1, 0.15) is 0 Å². The van der Waals surface area contributed by atoms with Crippen LogP contribution in [0.5, 0.6) is 0 Å². The second-order valence-electron chi connectivity index (χ2n) is 2.26. The van der Waals surface area contributed by atoms with Crippen LogP contribution in [0.1, 0.15) is 32.6 Å². The van der Waals surface area contributed by atoms with Crippen molar-refractivity contribution < 1.29 is 4.79 Å². The van der Waals surface area contributed by atoms with Crippen LogP contribution in [0.3, 0.4) is 0 Å². The van der Waals surface area contributed by atoms with Crippen molar-refractivity contribution in [2.75, 3.05) is 6.54 Å². The molecule has 0 saturated carbocycles. The monoisotopic (exact) mass is 142 g/mol. The fraction of sp³-hybridized carbons (Fsp3) is 0.750. The molecule has 0 aromatic heterocycles. The molecule has 2 heteroatoms. The molecule has 0 rings (SSSR count). The van der Waals surface area contributed by atoms with Gasteiger partial charge in [-0.15, -0.1) is 0 Å². The van der Waals surface area contributed by atoms with E-state index in [4.69, 9.17) is 0 Å². The highest BCUT2D eigenvalue weighted by molar-refractivity contribution is 5.75. The summed E-state index contributed by atoms with van der Waals surface area (Å²) < 4.78 is 0. The molecule has 0 aromatic rings. The number of carbonyl (C=O) groups is 1. The Morgan fingerprint density at radius 1 is 1.50 bits per heavy atom. The number of hydrogen-bond acceptors (Lipinski definition) is 1. The van der Waals surface area contributed by atoms with Gasteiger partial charge in [0.25, 0.3) is 0 Å². The maximum Gasteiger partial charge on any atom is 0.219 e. The normalized spacial score (nSPS) is 9.40. The molecule has 0 aromatic carbocycles. The van der Waals surface area contributed by atoms with E-state index in [1.54, 1.807) is 0 Å². The van der Waals surface area contributed by atoms with Gasteiger partial charge in [-0.2, -0.15) is 0 Å². The summed E-state index contributed by atoms with van der Waals surface area (Å²) in [7, 11) is 0. The molecule has 0 aliphatic heterocycles. The highest BCUT2D eigenvalue weighted by Gasteiger charge is 1.96. The first-order valence-corrected chi connectivity index (χ1v) is 3.87. The van der Waals surface area contributed by atoms with Gasteiger partial charge in [-0.3, -0.25) is 4.79 Å². The number of amides is 1. The van der Waals surface area contributed by atoms with Crippen molar-refractivity contribution in [3.8, 4) is 0 Å². The molecule has 1 N–H and O–H groups in total. The lowest BCUT2D eigenvalue weighted by Crippen LogP contribution is -2.21. The smallest absolute Gasteiger partial charge is 0.219 e. The van der Waals surface area contributed by atoms with E-state index in [1.807, 2.05) is 6.92 Å². The van der Waals surface area contributed by atoms with Crippen molar-refractivity contribution in [3.05, 3.63) is 6.92 Å². The molecule has 0 bridgehead atoms. The molecule has 59 valence electrons. The molecule has 0 fully saturated rings.